The van der Waals surface area contributed by atoms with Gasteiger partial charge >= 0.3 is 37.7 Å². The molecule has 0 amide bonds. The van der Waals surface area contributed by atoms with Gasteiger partial charge in [0, 0.05) is 0 Å². The normalized spacial score (nSPS) is 0. The molecule has 0 atom stereocenters. The Morgan fingerprint density at radius 1 is 0.500 bits per heavy atom. The molecule has 0 aromatic carbocycles. The first kappa shape index (κ1) is 231. The molecule has 0 radical (unpaired) electrons. The van der Waals surface area contributed by atoms with Gasteiger partial charge in [0.25, 0.3) is 0 Å². The summed E-state index contributed by atoms with van der Waals surface area (Å²) in [7, 11) is 0. The topological polar surface area (TPSA) is 154 Å². The summed E-state index contributed by atoms with van der Waals surface area (Å²) in [6.07, 6.45) is 0. The van der Waals surface area contributed by atoms with E-state index in [0.717, 1.165) is 0 Å². The molecule has 6 heteroatoms. The fourth-order valence-electron chi connectivity index (χ4n) is 0. The zero-order valence-corrected chi connectivity index (χ0v) is 5.32. The maximum Gasteiger partial charge on any atom is 2.00 e. The van der Waals surface area contributed by atoms with E-state index in [1.807, 2.05) is 0 Å². The fourth-order valence-corrected chi connectivity index (χ4v) is 0. The van der Waals surface area contributed by atoms with Gasteiger partial charge in [-0.1, -0.05) is 0 Å². The smallest absolute Gasteiger partial charge is 2.00 e. The van der Waals surface area contributed by atoms with E-state index < -0.39 is 0 Å². The molecule has 0 fully saturated rings. The van der Waals surface area contributed by atoms with Gasteiger partial charge in [0.2, 0.25) is 0 Å². The zero-order chi connectivity index (χ0) is 0. The van der Waals surface area contributed by atoms with E-state index >= 15 is 0 Å². The van der Waals surface area contributed by atoms with Crippen LogP contribution in [0.5, 0.6) is 0 Å². The van der Waals surface area contributed by atoms with E-state index in [2.05, 4.69) is 0 Å². The van der Waals surface area contributed by atoms with E-state index in [1.54, 1.807) is 0 Å². The molecule has 0 aromatic rings. The van der Waals surface area contributed by atoms with E-state index in [4.69, 9.17) is 0 Å². The molecule has 6 heavy (non-hydrogen) atoms. The predicted octanol–water partition coefficient (Wildman–Crippen LogP) is -3.80. The second-order valence-corrected chi connectivity index (χ2v) is 0. The molecule has 0 aromatic heterocycles. The van der Waals surface area contributed by atoms with Gasteiger partial charge in [-0.2, -0.15) is 0 Å². The molecule has 0 spiro atoms. The minimum atomic E-state index is 0. The van der Waals surface area contributed by atoms with Crippen molar-refractivity contribution in [1.29, 1.82) is 0 Å². The standard InChI is InChI=1S/Ca.4H2O.O/h;4*1H2;/q+2;;;;;-2. The van der Waals surface area contributed by atoms with Gasteiger partial charge in [0.15, 0.2) is 0 Å². The van der Waals surface area contributed by atoms with Crippen LogP contribution in [0.15, 0.2) is 0 Å². The molecule has 0 aliphatic heterocycles. The molecule has 8 N–H and O–H groups in total. The third-order valence-corrected chi connectivity index (χ3v) is 0. The van der Waals surface area contributed by atoms with Gasteiger partial charge in [0.05, 0.1) is 0 Å². The third-order valence-electron chi connectivity index (χ3n) is 0. The second kappa shape index (κ2) is 138. The van der Waals surface area contributed by atoms with Gasteiger partial charge in [-0.15, -0.1) is 0 Å². The van der Waals surface area contributed by atoms with Crippen LogP contribution in [-0.4, -0.2) is 59.6 Å². The molecule has 0 aliphatic carbocycles. The maximum absolute atomic E-state index is 0. The third kappa shape index (κ3) is 74.3. The predicted molar refractivity (Wildman–Crippen MR) is 20.9 cm³/mol. The molecule has 40 valence electrons. The van der Waals surface area contributed by atoms with Crippen molar-refractivity contribution >= 4 is 37.7 Å². The van der Waals surface area contributed by atoms with E-state index in [1.165, 1.54) is 0 Å². The van der Waals surface area contributed by atoms with Crippen molar-refractivity contribution in [1.82, 2.24) is 0 Å². The average molecular weight is 128 g/mol. The minimum Gasteiger partial charge on any atom is -2.00 e. The number of rotatable bonds is 0. The van der Waals surface area contributed by atoms with Crippen LogP contribution in [0.2, 0.25) is 0 Å². The van der Waals surface area contributed by atoms with E-state index in [0.29, 0.717) is 0 Å². The quantitative estimate of drug-likeness (QED) is 0.293. The monoisotopic (exact) mass is 128 g/mol. The molecule has 0 bridgehead atoms. The van der Waals surface area contributed by atoms with Gasteiger partial charge in [-0.3, -0.25) is 0 Å². The molecular weight excluding hydrogens is 120 g/mol. The molecule has 5 nitrogen and oxygen atoms in total. The largest absolute Gasteiger partial charge is 2.00 e. The average Bonchev–Trinajstić information content (AvgIpc) is 0. The van der Waals surface area contributed by atoms with Crippen molar-refractivity contribution in [2.75, 3.05) is 0 Å². The Morgan fingerprint density at radius 2 is 0.500 bits per heavy atom. The van der Waals surface area contributed by atoms with E-state index in [-0.39, 0.29) is 65.1 Å². The summed E-state index contributed by atoms with van der Waals surface area (Å²) in [6, 6.07) is 0. The van der Waals surface area contributed by atoms with Crippen LogP contribution in [0.3, 0.4) is 0 Å². The summed E-state index contributed by atoms with van der Waals surface area (Å²) in [5.41, 5.74) is 0. The van der Waals surface area contributed by atoms with Crippen LogP contribution in [0.1, 0.15) is 0 Å². The molecular formula is H8CaO5. The van der Waals surface area contributed by atoms with Gasteiger partial charge in [-0.25, -0.2) is 0 Å². The zero-order valence-electron chi connectivity index (χ0n) is 3.12. The van der Waals surface area contributed by atoms with Gasteiger partial charge < -0.3 is 27.4 Å². The minimum absolute atomic E-state index is 0. The van der Waals surface area contributed by atoms with Crippen molar-refractivity contribution in [2.24, 2.45) is 0 Å². The van der Waals surface area contributed by atoms with Crippen LogP contribution >= 0.6 is 0 Å². The van der Waals surface area contributed by atoms with Crippen LogP contribution < -0.4 is 0 Å². The Morgan fingerprint density at radius 3 is 0.500 bits per heavy atom. The Labute approximate surface area is 64.9 Å². The molecule has 0 saturated heterocycles. The summed E-state index contributed by atoms with van der Waals surface area (Å²) in [5, 5.41) is 0. The van der Waals surface area contributed by atoms with Gasteiger partial charge in [-0.05, 0) is 0 Å². The molecule has 0 saturated carbocycles. The summed E-state index contributed by atoms with van der Waals surface area (Å²) < 4.78 is 0. The summed E-state index contributed by atoms with van der Waals surface area (Å²) in [4.78, 5) is 0. The summed E-state index contributed by atoms with van der Waals surface area (Å²) >= 11 is 0. The summed E-state index contributed by atoms with van der Waals surface area (Å²) in [5.74, 6) is 0. The first-order valence-corrected chi connectivity index (χ1v) is 0. The molecule has 0 unspecified atom stereocenters. The summed E-state index contributed by atoms with van der Waals surface area (Å²) in [6.45, 7) is 0. The SMILES string of the molecule is O.O.O.O.[Ca+2].[O-2]. The van der Waals surface area contributed by atoms with Crippen LogP contribution in [0.4, 0.5) is 0 Å². The first-order valence-electron chi connectivity index (χ1n) is 0. The van der Waals surface area contributed by atoms with Crippen molar-refractivity contribution in [3.05, 3.63) is 0 Å². The number of hydrogen-bond acceptors (Lipinski definition) is 0. The molecule has 0 heterocycles. The molecule has 0 rings (SSSR count). The Kier molecular flexibility index (Phi) is 5310. The first-order chi connectivity index (χ1) is 0. The van der Waals surface area contributed by atoms with Crippen LogP contribution in [0.25, 0.3) is 0 Å². The maximum atomic E-state index is 0. The number of hydrogen-bond donors (Lipinski definition) is 0. The van der Waals surface area contributed by atoms with Crippen LogP contribution in [0, 0.1) is 0 Å². The van der Waals surface area contributed by atoms with Gasteiger partial charge in [0.1, 0.15) is 0 Å². The van der Waals surface area contributed by atoms with Crippen molar-refractivity contribution in [3.8, 4) is 0 Å². The van der Waals surface area contributed by atoms with Crippen LogP contribution in [-0.2, 0) is 5.48 Å². The van der Waals surface area contributed by atoms with Crippen molar-refractivity contribution < 1.29 is 27.4 Å². The Bertz CT molecular complexity index is 3.90. The molecule has 0 aliphatic rings. The Balaban J connectivity index is 0. The van der Waals surface area contributed by atoms with E-state index in [9.17, 15) is 0 Å². The second-order valence-electron chi connectivity index (χ2n) is 0. The van der Waals surface area contributed by atoms with Crippen molar-refractivity contribution in [2.45, 2.75) is 0 Å². The fraction of sp³-hybridized carbons (Fsp3) is 0. The Hall–Kier alpha value is 1.06. The van der Waals surface area contributed by atoms with Crippen molar-refractivity contribution in [3.63, 3.8) is 0 Å².